The van der Waals surface area contributed by atoms with Gasteiger partial charge in [0.05, 0.1) is 5.02 Å². The molecule has 0 saturated carbocycles. The van der Waals surface area contributed by atoms with Crippen LogP contribution in [-0.4, -0.2) is 61.2 Å². The number of hydrogen-bond donors (Lipinski definition) is 0. The molecule has 1 fully saturated rings. The van der Waals surface area contributed by atoms with Crippen molar-refractivity contribution in [2.75, 3.05) is 6.61 Å². The Morgan fingerprint density at radius 1 is 0.810 bits per heavy atom. The molecule has 1 saturated heterocycles. The first kappa shape index (κ1) is 30.5. The Morgan fingerprint density at radius 2 is 1.43 bits per heavy atom. The van der Waals surface area contributed by atoms with Crippen molar-refractivity contribution in [2.45, 2.75) is 58.4 Å². The van der Waals surface area contributed by atoms with Crippen LogP contribution in [0.4, 0.5) is 0 Å². The highest BCUT2D eigenvalue weighted by Gasteiger charge is 2.53. The molecule has 0 radical (unpaired) electrons. The summed E-state index contributed by atoms with van der Waals surface area (Å²) in [6, 6.07) is 13.4. The van der Waals surface area contributed by atoms with E-state index in [-0.39, 0.29) is 16.4 Å². The Kier molecular flexibility index (Phi) is 9.48. The second kappa shape index (κ2) is 13.0. The Balaban J connectivity index is 1.78. The maximum absolute atomic E-state index is 12.4. The van der Waals surface area contributed by atoms with Crippen LogP contribution in [0.15, 0.2) is 57.7 Å². The van der Waals surface area contributed by atoms with Crippen molar-refractivity contribution in [1.82, 2.24) is 0 Å². The summed E-state index contributed by atoms with van der Waals surface area (Å²) in [5.74, 6) is -3.06. The van der Waals surface area contributed by atoms with Crippen LogP contribution in [0.1, 0.15) is 27.7 Å². The van der Waals surface area contributed by atoms with E-state index in [0.29, 0.717) is 10.9 Å². The summed E-state index contributed by atoms with van der Waals surface area (Å²) in [7, 11) is 0. The zero-order valence-electron chi connectivity index (χ0n) is 23.0. The third kappa shape index (κ3) is 7.25. The summed E-state index contributed by atoms with van der Waals surface area (Å²) >= 11 is 6.60. The fraction of sp³-hybridized carbons (Fsp3) is 0.345. The minimum absolute atomic E-state index is 0.0431. The van der Waals surface area contributed by atoms with Gasteiger partial charge in [-0.15, -0.1) is 0 Å². The Labute approximate surface area is 244 Å². The van der Waals surface area contributed by atoms with Gasteiger partial charge in [-0.25, -0.2) is 4.79 Å². The number of benzene rings is 2. The molecule has 4 rings (SSSR count). The van der Waals surface area contributed by atoms with E-state index in [1.54, 1.807) is 0 Å². The zero-order chi connectivity index (χ0) is 30.6. The average Bonchev–Trinajstić information content (AvgIpc) is 2.91. The highest BCUT2D eigenvalue weighted by molar-refractivity contribution is 6.33. The summed E-state index contributed by atoms with van der Waals surface area (Å²) in [6.45, 7) is 4.06. The smallest absolute Gasteiger partial charge is 0.336 e. The summed E-state index contributed by atoms with van der Waals surface area (Å²) in [4.78, 5) is 60.1. The topological polar surface area (TPSA) is 154 Å². The van der Waals surface area contributed by atoms with E-state index in [2.05, 4.69) is 0 Å². The third-order valence-electron chi connectivity index (χ3n) is 6.07. The van der Waals surface area contributed by atoms with Crippen molar-refractivity contribution >= 4 is 46.4 Å². The monoisotopic (exact) mass is 602 g/mol. The highest BCUT2D eigenvalue weighted by atomic mass is 35.5. The number of carbonyl (C=O) groups is 4. The van der Waals surface area contributed by atoms with Gasteiger partial charge in [-0.05, 0) is 17.2 Å². The number of fused-ring (bicyclic) bond motifs is 1. The van der Waals surface area contributed by atoms with Crippen LogP contribution in [-0.2, 0) is 42.9 Å². The molecule has 0 unspecified atom stereocenters. The first-order chi connectivity index (χ1) is 19.9. The van der Waals surface area contributed by atoms with Crippen LogP contribution < -0.4 is 10.4 Å². The van der Waals surface area contributed by atoms with Gasteiger partial charge in [0.2, 0.25) is 12.4 Å². The van der Waals surface area contributed by atoms with Gasteiger partial charge in [0.25, 0.3) is 0 Å². The van der Waals surface area contributed by atoms with Crippen molar-refractivity contribution in [1.29, 1.82) is 0 Å². The minimum atomic E-state index is -1.52. The van der Waals surface area contributed by atoms with Gasteiger partial charge in [-0.2, -0.15) is 0 Å². The minimum Gasteiger partial charge on any atom is -0.463 e. The maximum atomic E-state index is 12.4. The molecule has 2 heterocycles. The lowest BCUT2D eigenvalue weighted by molar-refractivity contribution is -0.288. The van der Waals surface area contributed by atoms with Crippen LogP contribution in [0.3, 0.4) is 0 Å². The summed E-state index contributed by atoms with van der Waals surface area (Å²) in [6.07, 6.45) is -7.01. The van der Waals surface area contributed by atoms with Crippen LogP contribution in [0.5, 0.6) is 5.75 Å². The number of ether oxygens (including phenoxy) is 6. The fourth-order valence-electron chi connectivity index (χ4n) is 4.52. The SMILES string of the molecule is CC(=O)OC[C@H]1O[C@H](Oc2cc3oc(=O)cc(-c4ccccc4)c3cc2Cl)[C@H](OC(C)=O)[C@@H](OC(C)=O)[C@@H]1OC(C)=O. The molecule has 222 valence electrons. The zero-order valence-corrected chi connectivity index (χ0v) is 23.7. The van der Waals surface area contributed by atoms with Crippen molar-refractivity contribution in [3.8, 4) is 16.9 Å². The molecule has 0 spiro atoms. The Hall–Kier alpha value is -4.42. The number of carbonyl (C=O) groups excluding carboxylic acids is 4. The molecule has 2 aromatic carbocycles. The summed E-state index contributed by atoms with van der Waals surface area (Å²) in [5, 5.41) is 0.584. The van der Waals surface area contributed by atoms with Crippen molar-refractivity contribution in [3.63, 3.8) is 0 Å². The quantitative estimate of drug-likeness (QED) is 0.210. The molecule has 1 aliphatic rings. The van der Waals surface area contributed by atoms with E-state index in [9.17, 15) is 24.0 Å². The van der Waals surface area contributed by atoms with Crippen LogP contribution in [0, 0.1) is 0 Å². The largest absolute Gasteiger partial charge is 0.463 e. The number of rotatable bonds is 8. The van der Waals surface area contributed by atoms with Crippen LogP contribution in [0.25, 0.3) is 22.1 Å². The van der Waals surface area contributed by atoms with Gasteiger partial charge in [-0.3, -0.25) is 19.2 Å². The van der Waals surface area contributed by atoms with Crippen molar-refractivity contribution in [2.24, 2.45) is 0 Å². The van der Waals surface area contributed by atoms with Crippen molar-refractivity contribution in [3.05, 3.63) is 64.0 Å². The molecule has 12 nitrogen and oxygen atoms in total. The number of esters is 4. The van der Waals surface area contributed by atoms with E-state index >= 15 is 0 Å². The Morgan fingerprint density at radius 3 is 2.05 bits per heavy atom. The predicted molar refractivity (Wildman–Crippen MR) is 146 cm³/mol. The third-order valence-corrected chi connectivity index (χ3v) is 6.37. The van der Waals surface area contributed by atoms with E-state index in [1.165, 1.54) is 18.2 Å². The van der Waals surface area contributed by atoms with Crippen LogP contribution >= 0.6 is 11.6 Å². The second-order valence-electron chi connectivity index (χ2n) is 9.31. The highest BCUT2D eigenvalue weighted by Crippen LogP contribution is 2.37. The number of halogens is 1. The van der Waals surface area contributed by atoms with E-state index in [0.717, 1.165) is 33.3 Å². The predicted octanol–water partition coefficient (Wildman–Crippen LogP) is 3.58. The fourth-order valence-corrected chi connectivity index (χ4v) is 4.73. The molecular weight excluding hydrogens is 576 g/mol. The number of hydrogen-bond acceptors (Lipinski definition) is 12. The van der Waals surface area contributed by atoms with Gasteiger partial charge in [-0.1, -0.05) is 41.9 Å². The second-order valence-corrected chi connectivity index (χ2v) is 9.72. The molecule has 1 aliphatic heterocycles. The molecule has 5 atom stereocenters. The first-order valence-electron chi connectivity index (χ1n) is 12.7. The summed E-state index contributed by atoms with van der Waals surface area (Å²) < 4.78 is 38.7. The van der Waals surface area contributed by atoms with Gasteiger partial charge < -0.3 is 32.8 Å². The molecule has 0 N–H and O–H groups in total. The lowest BCUT2D eigenvalue weighted by atomic mass is 9.98. The van der Waals surface area contributed by atoms with Gasteiger partial charge >= 0.3 is 29.5 Å². The first-order valence-corrected chi connectivity index (χ1v) is 13.1. The molecule has 13 heteroatoms. The van der Waals surface area contributed by atoms with E-state index in [4.69, 9.17) is 44.4 Å². The standard InChI is InChI=1S/C29H27ClO12/c1-14(31)36-13-24-26(37-15(2)32)27(38-16(3)33)28(39-17(4)34)29(42-24)41-23-12-22-20(10-21(23)30)19(11-25(35)40-22)18-8-6-5-7-9-18/h5-12,24,26-29H,13H2,1-4H3/t24-,26-,27+,28-,29+/m1/s1. The van der Waals surface area contributed by atoms with E-state index < -0.39 is 66.8 Å². The molecule has 42 heavy (non-hydrogen) atoms. The molecule has 0 aliphatic carbocycles. The van der Waals surface area contributed by atoms with Gasteiger partial charge in [0.15, 0.2) is 12.2 Å². The Bertz CT molecular complexity index is 1550. The molecular formula is C29H27ClO12. The van der Waals surface area contributed by atoms with Crippen LogP contribution in [0.2, 0.25) is 5.02 Å². The molecule has 1 aromatic heterocycles. The van der Waals surface area contributed by atoms with Gasteiger partial charge in [0.1, 0.15) is 24.0 Å². The normalized spacial score (nSPS) is 21.7. The molecule has 0 amide bonds. The average molecular weight is 603 g/mol. The molecule has 0 bridgehead atoms. The summed E-state index contributed by atoms with van der Waals surface area (Å²) in [5.41, 5.74) is 0.829. The lowest BCUT2D eigenvalue weighted by Crippen LogP contribution is -2.63. The van der Waals surface area contributed by atoms with Crippen molar-refractivity contribution < 1.29 is 52.0 Å². The molecule has 3 aromatic rings. The van der Waals surface area contributed by atoms with E-state index in [1.807, 2.05) is 30.3 Å². The maximum Gasteiger partial charge on any atom is 0.336 e. The lowest BCUT2D eigenvalue weighted by Gasteiger charge is -2.43. The van der Waals surface area contributed by atoms with Gasteiger partial charge in [0, 0.05) is 45.2 Å².